The third kappa shape index (κ3) is 1.99. The smallest absolute Gasteiger partial charge is 0.342 e. The lowest BCUT2D eigenvalue weighted by molar-refractivity contribution is -0.227. The number of carbonyl (C=O) groups excluding carboxylic acids is 1. The maximum Gasteiger partial charge on any atom is 0.342 e. The molecule has 5 rings (SSSR count). The summed E-state index contributed by atoms with van der Waals surface area (Å²) in [7, 11) is 4.83. The van der Waals surface area contributed by atoms with Gasteiger partial charge in [0.05, 0.1) is 20.3 Å². The lowest BCUT2D eigenvalue weighted by atomic mass is 9.46. The molecule has 7 nitrogen and oxygen atoms in total. The Morgan fingerprint density at radius 1 is 1.23 bits per heavy atom. The highest BCUT2D eigenvalue weighted by Crippen LogP contribution is 2.67. The molecule has 164 valence electrons. The SMILES string of the molecule is CC[C@]12CCN3CCC[C@@]4(c5ccc(OC)cc5N(C)[C@H]4[C@@](O)(C(=O)OC)[C@@H]1O)[C@@H]32. The van der Waals surface area contributed by atoms with Crippen LogP contribution in [-0.4, -0.2) is 79.2 Å². The lowest BCUT2D eigenvalue weighted by Gasteiger charge is -2.64. The molecule has 7 heteroatoms. The largest absolute Gasteiger partial charge is 0.497 e. The highest BCUT2D eigenvalue weighted by molar-refractivity contribution is 5.86. The highest BCUT2D eigenvalue weighted by atomic mass is 16.5. The van der Waals surface area contributed by atoms with Crippen molar-refractivity contribution in [3.63, 3.8) is 0 Å². The van der Waals surface area contributed by atoms with Gasteiger partial charge in [-0.15, -0.1) is 0 Å². The number of benzene rings is 1. The van der Waals surface area contributed by atoms with Crippen molar-refractivity contribution in [2.24, 2.45) is 5.41 Å². The van der Waals surface area contributed by atoms with Crippen LogP contribution in [0.15, 0.2) is 18.2 Å². The van der Waals surface area contributed by atoms with E-state index < -0.39 is 34.5 Å². The number of nitrogens with zero attached hydrogens (tertiary/aromatic N) is 2. The van der Waals surface area contributed by atoms with E-state index in [1.54, 1.807) is 7.11 Å². The molecule has 0 unspecified atom stereocenters. The fourth-order valence-corrected chi connectivity index (χ4v) is 7.81. The number of aliphatic hydroxyl groups excluding tert-OH is 1. The van der Waals surface area contributed by atoms with Crippen LogP contribution in [0.4, 0.5) is 5.69 Å². The van der Waals surface area contributed by atoms with Crippen molar-refractivity contribution >= 4 is 11.7 Å². The first-order valence-corrected chi connectivity index (χ1v) is 11.0. The van der Waals surface area contributed by atoms with Crippen molar-refractivity contribution in [1.82, 2.24) is 4.90 Å². The Labute approximate surface area is 177 Å². The third-order valence-electron chi connectivity index (χ3n) is 8.81. The summed E-state index contributed by atoms with van der Waals surface area (Å²) < 4.78 is 10.6. The Hall–Kier alpha value is -1.83. The summed E-state index contributed by atoms with van der Waals surface area (Å²) in [6, 6.07) is 5.50. The van der Waals surface area contributed by atoms with Crippen LogP contribution in [0, 0.1) is 5.41 Å². The topological polar surface area (TPSA) is 82.5 Å². The molecule has 1 aliphatic carbocycles. The van der Waals surface area contributed by atoms with Gasteiger partial charge in [0.25, 0.3) is 0 Å². The van der Waals surface area contributed by atoms with Gasteiger partial charge in [-0.05, 0) is 50.4 Å². The van der Waals surface area contributed by atoms with Crippen LogP contribution < -0.4 is 9.64 Å². The Kier molecular flexibility index (Phi) is 4.25. The van der Waals surface area contributed by atoms with Crippen molar-refractivity contribution in [3.8, 4) is 5.75 Å². The standard InChI is InChI=1S/C23H32N2O5/c1-5-21-10-12-25-11-6-9-22(17(21)25)15-8-7-14(29-3)13-16(15)24(2)18(22)23(28,19(21)26)20(27)30-4/h7-8,13,17-19,26,28H,5-6,9-12H2,1-4H3/t17-,18+,19+,21+,22+,23-/m0/s1. The van der Waals surface area contributed by atoms with Crippen molar-refractivity contribution in [2.75, 3.05) is 39.3 Å². The molecule has 4 aliphatic rings. The first-order chi connectivity index (χ1) is 14.3. The molecule has 3 aliphatic heterocycles. The molecule has 0 aromatic heterocycles. The molecule has 1 saturated carbocycles. The average molecular weight is 417 g/mol. The van der Waals surface area contributed by atoms with Crippen molar-refractivity contribution < 1.29 is 24.5 Å². The number of ether oxygens (including phenoxy) is 2. The highest BCUT2D eigenvalue weighted by Gasteiger charge is 2.79. The second-order valence-corrected chi connectivity index (χ2v) is 9.54. The predicted octanol–water partition coefficient (Wildman–Crippen LogP) is 1.29. The third-order valence-corrected chi connectivity index (χ3v) is 8.81. The molecule has 3 heterocycles. The number of rotatable bonds is 3. The van der Waals surface area contributed by atoms with Crippen LogP contribution in [0.3, 0.4) is 0 Å². The van der Waals surface area contributed by atoms with E-state index in [0.717, 1.165) is 49.4 Å². The normalized spacial score (nSPS) is 41.8. The van der Waals surface area contributed by atoms with Crippen LogP contribution in [-0.2, 0) is 14.9 Å². The Morgan fingerprint density at radius 2 is 2.00 bits per heavy atom. The molecular weight excluding hydrogens is 384 g/mol. The average Bonchev–Trinajstić information content (AvgIpc) is 3.27. The summed E-state index contributed by atoms with van der Waals surface area (Å²) in [4.78, 5) is 17.6. The van der Waals surface area contributed by atoms with Gasteiger partial charge < -0.3 is 24.6 Å². The quantitative estimate of drug-likeness (QED) is 0.719. The molecule has 3 fully saturated rings. The number of aliphatic hydroxyl groups is 2. The van der Waals surface area contributed by atoms with Gasteiger partial charge in [0.2, 0.25) is 5.60 Å². The van der Waals surface area contributed by atoms with Gasteiger partial charge in [-0.2, -0.15) is 0 Å². The lowest BCUT2D eigenvalue weighted by Crippen LogP contribution is -2.81. The molecule has 0 bridgehead atoms. The first-order valence-electron chi connectivity index (χ1n) is 11.0. The second kappa shape index (κ2) is 6.34. The van der Waals surface area contributed by atoms with Crippen LogP contribution in [0.25, 0.3) is 0 Å². The Bertz CT molecular complexity index is 892. The fraction of sp³-hybridized carbons (Fsp3) is 0.696. The van der Waals surface area contributed by atoms with Gasteiger partial charge in [0.1, 0.15) is 11.9 Å². The zero-order valence-electron chi connectivity index (χ0n) is 18.2. The molecule has 6 atom stereocenters. The van der Waals surface area contributed by atoms with Crippen LogP contribution >= 0.6 is 0 Å². The van der Waals surface area contributed by atoms with E-state index in [1.807, 2.05) is 24.1 Å². The molecule has 1 spiro atoms. The molecule has 0 amide bonds. The van der Waals surface area contributed by atoms with E-state index in [1.165, 1.54) is 7.11 Å². The molecule has 1 aromatic rings. The second-order valence-electron chi connectivity index (χ2n) is 9.54. The van der Waals surface area contributed by atoms with Gasteiger partial charge >= 0.3 is 5.97 Å². The molecule has 0 radical (unpaired) electrons. The number of anilines is 1. The van der Waals surface area contributed by atoms with E-state index in [9.17, 15) is 15.0 Å². The maximum absolute atomic E-state index is 13.2. The van der Waals surface area contributed by atoms with Gasteiger partial charge in [0, 0.05) is 35.7 Å². The van der Waals surface area contributed by atoms with Gasteiger partial charge in [0.15, 0.2) is 0 Å². The molecular formula is C23H32N2O5. The fourth-order valence-electron chi connectivity index (χ4n) is 7.81. The predicted molar refractivity (Wildman–Crippen MR) is 112 cm³/mol. The molecule has 2 N–H and O–H groups in total. The van der Waals surface area contributed by atoms with Crippen LogP contribution in [0.1, 0.15) is 38.2 Å². The zero-order chi connectivity index (χ0) is 21.5. The number of methoxy groups -OCH3 is 2. The summed E-state index contributed by atoms with van der Waals surface area (Å²) in [5.74, 6) is -0.0139. The number of carbonyl (C=O) groups is 1. The summed E-state index contributed by atoms with van der Waals surface area (Å²) in [5, 5.41) is 23.8. The number of piperidine rings is 1. The number of fused-ring (bicyclic) bond motifs is 1. The summed E-state index contributed by atoms with van der Waals surface area (Å²) >= 11 is 0. The van der Waals surface area contributed by atoms with Crippen molar-refractivity contribution in [3.05, 3.63) is 23.8 Å². The minimum absolute atomic E-state index is 0.0609. The van der Waals surface area contributed by atoms with Gasteiger partial charge in [-0.3, -0.25) is 4.90 Å². The molecule has 2 saturated heterocycles. The van der Waals surface area contributed by atoms with Crippen molar-refractivity contribution in [2.45, 2.75) is 61.8 Å². The van der Waals surface area contributed by atoms with Gasteiger partial charge in [-0.1, -0.05) is 13.0 Å². The Balaban J connectivity index is 1.84. The zero-order valence-corrected chi connectivity index (χ0v) is 18.2. The minimum Gasteiger partial charge on any atom is -0.497 e. The number of hydrogen-bond donors (Lipinski definition) is 2. The maximum atomic E-state index is 13.2. The van der Waals surface area contributed by atoms with Crippen LogP contribution in [0.2, 0.25) is 0 Å². The monoisotopic (exact) mass is 416 g/mol. The Morgan fingerprint density at radius 3 is 2.67 bits per heavy atom. The van der Waals surface area contributed by atoms with Crippen molar-refractivity contribution in [1.29, 1.82) is 0 Å². The van der Waals surface area contributed by atoms with E-state index in [4.69, 9.17) is 9.47 Å². The first kappa shape index (κ1) is 20.1. The number of likely N-dealkylation sites (N-methyl/N-ethyl adjacent to an activating group) is 1. The van der Waals surface area contributed by atoms with Crippen LogP contribution in [0.5, 0.6) is 5.75 Å². The number of esters is 1. The summed E-state index contributed by atoms with van der Waals surface area (Å²) in [6.45, 7) is 3.93. The van der Waals surface area contributed by atoms with E-state index in [0.29, 0.717) is 6.42 Å². The van der Waals surface area contributed by atoms with Gasteiger partial charge in [-0.25, -0.2) is 4.79 Å². The molecule has 30 heavy (non-hydrogen) atoms. The van der Waals surface area contributed by atoms with E-state index in [2.05, 4.69) is 17.9 Å². The summed E-state index contributed by atoms with van der Waals surface area (Å²) in [6.07, 6.45) is 2.10. The number of hydrogen-bond acceptors (Lipinski definition) is 7. The molecule has 1 aromatic carbocycles. The minimum atomic E-state index is -2.02. The van der Waals surface area contributed by atoms with E-state index in [-0.39, 0.29) is 6.04 Å². The summed E-state index contributed by atoms with van der Waals surface area (Å²) in [5.41, 5.74) is -0.963. The van der Waals surface area contributed by atoms with E-state index >= 15 is 0 Å².